The summed E-state index contributed by atoms with van der Waals surface area (Å²) in [4.78, 5) is 3.65. The van der Waals surface area contributed by atoms with Gasteiger partial charge in [-0.25, -0.2) is 8.42 Å². The maximum absolute atomic E-state index is 12.8. The number of sulfone groups is 1. The smallest absolute Gasteiger partial charge is 0.208 e. The molecule has 1 unspecified atom stereocenters. The van der Waals surface area contributed by atoms with Gasteiger partial charge in [0.25, 0.3) is 0 Å². The third-order valence-electron chi connectivity index (χ3n) is 3.58. The van der Waals surface area contributed by atoms with Crippen LogP contribution in [0, 0.1) is 6.92 Å². The fourth-order valence-electron chi connectivity index (χ4n) is 2.37. The van der Waals surface area contributed by atoms with Crippen LogP contribution in [0.25, 0.3) is 10.9 Å². The van der Waals surface area contributed by atoms with Gasteiger partial charge in [0, 0.05) is 17.1 Å². The van der Waals surface area contributed by atoms with E-state index in [0.717, 1.165) is 11.1 Å². The Morgan fingerprint density at radius 1 is 1.10 bits per heavy atom. The molecule has 21 heavy (non-hydrogen) atoms. The Hall–Kier alpha value is -2.07. The van der Waals surface area contributed by atoms with Crippen molar-refractivity contribution in [2.24, 2.45) is 0 Å². The van der Waals surface area contributed by atoms with E-state index in [-0.39, 0.29) is 5.92 Å². The number of rotatable bonds is 3. The molecule has 1 N–H and O–H groups in total. The Labute approximate surface area is 124 Å². The summed E-state index contributed by atoms with van der Waals surface area (Å²) in [6, 6.07) is 14.3. The number of H-pyrrole nitrogens is 1. The van der Waals surface area contributed by atoms with Crippen LogP contribution in [-0.4, -0.2) is 13.4 Å². The van der Waals surface area contributed by atoms with Gasteiger partial charge in [0.2, 0.25) is 9.84 Å². The van der Waals surface area contributed by atoms with E-state index < -0.39 is 9.84 Å². The van der Waals surface area contributed by atoms with Gasteiger partial charge in [-0.3, -0.25) is 0 Å². The van der Waals surface area contributed by atoms with Crippen molar-refractivity contribution in [1.82, 2.24) is 4.98 Å². The van der Waals surface area contributed by atoms with Crippen LogP contribution in [0.3, 0.4) is 0 Å². The number of aromatic amines is 1. The first-order valence-corrected chi connectivity index (χ1v) is 8.23. The third-order valence-corrected chi connectivity index (χ3v) is 5.39. The van der Waals surface area contributed by atoms with E-state index in [1.807, 2.05) is 25.1 Å². The van der Waals surface area contributed by atoms with E-state index >= 15 is 0 Å². The monoisotopic (exact) mass is 298 g/mol. The maximum atomic E-state index is 12.8. The van der Waals surface area contributed by atoms with Gasteiger partial charge in [0.15, 0.2) is 0 Å². The van der Waals surface area contributed by atoms with Gasteiger partial charge in [-0.1, -0.05) is 31.2 Å². The van der Waals surface area contributed by atoms with Gasteiger partial charge >= 0.3 is 0 Å². The van der Waals surface area contributed by atoms with Crippen molar-refractivity contribution in [3.8, 4) is 0 Å². The summed E-state index contributed by atoms with van der Waals surface area (Å²) in [5.74, 6) is 0.108. The van der Waals surface area contributed by atoms with Crippen LogP contribution < -0.4 is 0 Å². The highest BCUT2D eigenvalue weighted by molar-refractivity contribution is 7.91. The van der Waals surface area contributed by atoms with E-state index in [4.69, 9.17) is 0 Å². The predicted molar refractivity (Wildman–Crippen MR) is 84.0 cm³/mol. The van der Waals surface area contributed by atoms with Crippen LogP contribution in [0.4, 0.5) is 0 Å². The number of hydrogen-bond donors (Lipinski definition) is 1. The zero-order chi connectivity index (χ0) is 15.0. The highest BCUT2D eigenvalue weighted by Gasteiger charge is 2.21. The number of aromatic nitrogens is 1. The lowest BCUT2D eigenvalue weighted by Gasteiger charge is -2.07. The summed E-state index contributed by atoms with van der Waals surface area (Å²) in [6.07, 6.45) is 1.56. The van der Waals surface area contributed by atoms with Gasteiger partial charge in [-0.05, 0) is 42.7 Å². The second-order valence-electron chi connectivity index (χ2n) is 5.18. The third kappa shape index (κ3) is 2.36. The molecule has 1 aromatic heterocycles. The normalized spacial score (nSPS) is 12.1. The number of fused-ring (bicyclic) bond motifs is 1. The average molecular weight is 298 g/mol. The molecular formula is C17H16NO2S. The topological polar surface area (TPSA) is 49.9 Å². The zero-order valence-corrected chi connectivity index (χ0v) is 12.5. The van der Waals surface area contributed by atoms with E-state index in [9.17, 15) is 8.42 Å². The molecule has 0 aliphatic carbocycles. The van der Waals surface area contributed by atoms with Crippen molar-refractivity contribution in [1.29, 1.82) is 0 Å². The van der Waals surface area contributed by atoms with Crippen LogP contribution in [0.15, 0.2) is 64.5 Å². The molecule has 3 aromatic rings. The molecule has 1 heterocycles. The molecule has 0 aliphatic rings. The molecule has 107 valence electrons. The van der Waals surface area contributed by atoms with Gasteiger partial charge in [-0.15, -0.1) is 0 Å². The van der Waals surface area contributed by atoms with Crippen LogP contribution in [0.5, 0.6) is 0 Å². The van der Waals surface area contributed by atoms with Crippen molar-refractivity contribution in [3.05, 3.63) is 67.2 Å². The quantitative estimate of drug-likeness (QED) is 0.796. The molecule has 0 saturated heterocycles. The number of nitrogens with one attached hydrogen (secondary N) is 1. The summed E-state index contributed by atoms with van der Waals surface area (Å²) in [5.41, 5.74) is 1.83. The Balaban J connectivity index is 2.23. The molecule has 0 saturated carbocycles. The Bertz CT molecular complexity index is 878. The SMILES string of the molecule is [CH2]C(C)c1ccc2[nH]cc(S(=O)(=O)c3ccccc3)c2c1. The first-order chi connectivity index (χ1) is 10.00. The molecule has 3 nitrogen and oxygen atoms in total. The summed E-state index contributed by atoms with van der Waals surface area (Å²) in [6.45, 7) is 5.98. The van der Waals surface area contributed by atoms with Crippen molar-refractivity contribution < 1.29 is 8.42 Å². The average Bonchev–Trinajstić information content (AvgIpc) is 2.91. The molecule has 2 aromatic carbocycles. The van der Waals surface area contributed by atoms with Crippen molar-refractivity contribution in [3.63, 3.8) is 0 Å². The van der Waals surface area contributed by atoms with E-state index in [0.29, 0.717) is 15.2 Å². The first-order valence-electron chi connectivity index (χ1n) is 6.74. The first kappa shape index (κ1) is 13.9. The molecule has 0 amide bonds. The summed E-state index contributed by atoms with van der Waals surface area (Å²) in [7, 11) is -3.52. The van der Waals surface area contributed by atoms with Crippen molar-refractivity contribution >= 4 is 20.7 Å². The van der Waals surface area contributed by atoms with Gasteiger partial charge in [0.05, 0.1) is 9.79 Å². The molecule has 0 aliphatic heterocycles. The molecule has 1 radical (unpaired) electrons. The Kier molecular flexibility index (Phi) is 3.33. The minimum Gasteiger partial charge on any atom is -0.360 e. The summed E-state index contributed by atoms with van der Waals surface area (Å²) >= 11 is 0. The highest BCUT2D eigenvalue weighted by atomic mass is 32.2. The lowest BCUT2D eigenvalue weighted by molar-refractivity contribution is 0.597. The summed E-state index contributed by atoms with van der Waals surface area (Å²) in [5, 5.41) is 0.715. The minimum absolute atomic E-state index is 0.108. The number of hydrogen-bond acceptors (Lipinski definition) is 2. The van der Waals surface area contributed by atoms with Crippen LogP contribution in [0.1, 0.15) is 18.4 Å². The second-order valence-corrected chi connectivity index (χ2v) is 7.09. The molecule has 4 heteroatoms. The van der Waals surface area contributed by atoms with E-state index in [2.05, 4.69) is 11.9 Å². The molecule has 1 atom stereocenters. The van der Waals surface area contributed by atoms with Gasteiger partial charge in [-0.2, -0.15) is 0 Å². The molecule has 0 fully saturated rings. The standard InChI is InChI=1S/C17H16NO2S/c1-12(2)13-8-9-16-15(10-13)17(11-18-16)21(19,20)14-6-4-3-5-7-14/h3-12,18H,1H2,2H3. The Morgan fingerprint density at radius 3 is 2.48 bits per heavy atom. The highest BCUT2D eigenvalue weighted by Crippen LogP contribution is 2.30. The number of benzene rings is 2. The summed E-state index contributed by atoms with van der Waals surface area (Å²) < 4.78 is 25.5. The van der Waals surface area contributed by atoms with Crippen molar-refractivity contribution in [2.45, 2.75) is 22.6 Å². The second kappa shape index (κ2) is 5.04. The largest absolute Gasteiger partial charge is 0.360 e. The molecule has 0 bridgehead atoms. The van der Waals surface area contributed by atoms with Crippen LogP contribution in [-0.2, 0) is 9.84 Å². The van der Waals surface area contributed by atoms with Crippen molar-refractivity contribution in [2.75, 3.05) is 0 Å². The van der Waals surface area contributed by atoms with Crippen LogP contribution in [0.2, 0.25) is 0 Å². The zero-order valence-electron chi connectivity index (χ0n) is 11.7. The molecule has 3 rings (SSSR count). The fourth-order valence-corrected chi connectivity index (χ4v) is 3.81. The molecule has 0 spiro atoms. The van der Waals surface area contributed by atoms with Gasteiger partial charge in [0.1, 0.15) is 0 Å². The lowest BCUT2D eigenvalue weighted by atomic mass is 10.0. The predicted octanol–water partition coefficient (Wildman–Crippen LogP) is 3.94. The fraction of sp³-hybridized carbons (Fsp3) is 0.118. The van der Waals surface area contributed by atoms with Gasteiger partial charge < -0.3 is 4.98 Å². The van der Waals surface area contributed by atoms with E-state index in [1.165, 1.54) is 0 Å². The lowest BCUT2D eigenvalue weighted by Crippen LogP contribution is -2.01. The maximum Gasteiger partial charge on any atom is 0.208 e. The molecular weight excluding hydrogens is 282 g/mol. The van der Waals surface area contributed by atoms with E-state index in [1.54, 1.807) is 36.5 Å². The van der Waals surface area contributed by atoms with Crippen LogP contribution >= 0.6 is 0 Å². The Morgan fingerprint density at radius 2 is 1.81 bits per heavy atom. The minimum atomic E-state index is -3.52.